The predicted octanol–water partition coefficient (Wildman–Crippen LogP) is 2.86. The van der Waals surface area contributed by atoms with Crippen molar-refractivity contribution in [3.05, 3.63) is 0 Å². The Morgan fingerprint density at radius 3 is 2.16 bits per heavy atom. The molecule has 0 amide bonds. The molecule has 0 aliphatic carbocycles. The molecule has 19 heavy (non-hydrogen) atoms. The lowest BCUT2D eigenvalue weighted by atomic mass is 9.88. The van der Waals surface area contributed by atoms with Crippen molar-refractivity contribution >= 4 is 5.97 Å². The lowest BCUT2D eigenvalue weighted by Gasteiger charge is -2.23. The Hall–Kier alpha value is -0.610. The molecule has 2 unspecified atom stereocenters. The molecule has 2 N–H and O–H groups in total. The van der Waals surface area contributed by atoms with Gasteiger partial charge in [0.15, 0.2) is 6.29 Å². The number of aliphatic hydroxyl groups is 2. The highest BCUT2D eigenvalue weighted by Crippen LogP contribution is 2.23. The van der Waals surface area contributed by atoms with Gasteiger partial charge in [-0.05, 0) is 13.3 Å². The minimum atomic E-state index is -1.46. The Bertz CT molecular complexity index is 228. The van der Waals surface area contributed by atoms with Crippen LogP contribution in [0.15, 0.2) is 0 Å². The third-order valence-corrected chi connectivity index (χ3v) is 3.56. The fourth-order valence-electron chi connectivity index (χ4n) is 2.20. The Balaban J connectivity index is 4.09. The monoisotopic (exact) mass is 274 g/mol. The number of unbranched alkanes of at least 4 members (excludes halogenated alkanes) is 5. The van der Waals surface area contributed by atoms with Gasteiger partial charge in [0.2, 0.25) is 0 Å². The highest BCUT2D eigenvalue weighted by atomic mass is 16.5. The maximum absolute atomic E-state index is 11.8. The van der Waals surface area contributed by atoms with E-state index < -0.39 is 18.1 Å². The zero-order valence-electron chi connectivity index (χ0n) is 12.6. The molecule has 0 aromatic heterocycles. The van der Waals surface area contributed by atoms with E-state index in [4.69, 9.17) is 4.74 Å². The highest BCUT2D eigenvalue weighted by molar-refractivity contribution is 5.72. The smallest absolute Gasteiger partial charge is 0.309 e. The predicted molar refractivity (Wildman–Crippen MR) is 75.5 cm³/mol. The Morgan fingerprint density at radius 1 is 1.05 bits per heavy atom. The molecule has 0 heterocycles. The molecular weight excluding hydrogens is 244 g/mol. The summed E-state index contributed by atoms with van der Waals surface area (Å²) in [6.45, 7) is 5.96. The van der Waals surface area contributed by atoms with Gasteiger partial charge in [-0.1, -0.05) is 52.4 Å². The Morgan fingerprint density at radius 2 is 1.63 bits per heavy atom. The minimum Gasteiger partial charge on any atom is -0.466 e. The molecule has 114 valence electrons. The number of esters is 1. The summed E-state index contributed by atoms with van der Waals surface area (Å²) in [6.07, 6.45) is 6.12. The lowest BCUT2D eigenvalue weighted by Crippen LogP contribution is -2.32. The number of carbonyl (C=O) groups excluding carboxylic acids is 1. The average Bonchev–Trinajstić information content (AvgIpc) is 2.37. The van der Waals surface area contributed by atoms with Crippen molar-refractivity contribution in [1.82, 2.24) is 0 Å². The maximum atomic E-state index is 11.8. The van der Waals surface area contributed by atoms with Gasteiger partial charge in [0, 0.05) is 5.92 Å². The van der Waals surface area contributed by atoms with Crippen molar-refractivity contribution in [2.24, 2.45) is 11.8 Å². The quantitative estimate of drug-likeness (QED) is 0.345. The molecule has 4 heteroatoms. The van der Waals surface area contributed by atoms with Crippen LogP contribution in [0, 0.1) is 11.8 Å². The van der Waals surface area contributed by atoms with Crippen molar-refractivity contribution in [3.8, 4) is 0 Å². The molecule has 0 rings (SSSR count). The van der Waals surface area contributed by atoms with Gasteiger partial charge in [-0.3, -0.25) is 4.79 Å². The zero-order valence-corrected chi connectivity index (χ0v) is 12.6. The number of hydrogen-bond acceptors (Lipinski definition) is 4. The summed E-state index contributed by atoms with van der Waals surface area (Å²) in [7, 11) is 0. The van der Waals surface area contributed by atoms with Crippen LogP contribution in [0.5, 0.6) is 0 Å². The van der Waals surface area contributed by atoms with Crippen molar-refractivity contribution in [2.45, 2.75) is 72.0 Å². The molecule has 4 nitrogen and oxygen atoms in total. The van der Waals surface area contributed by atoms with Gasteiger partial charge in [-0.2, -0.15) is 0 Å². The molecule has 0 saturated carbocycles. The fourth-order valence-corrected chi connectivity index (χ4v) is 2.20. The number of hydrogen-bond donors (Lipinski definition) is 2. The van der Waals surface area contributed by atoms with Crippen LogP contribution in [0.2, 0.25) is 0 Å². The van der Waals surface area contributed by atoms with Crippen molar-refractivity contribution < 1.29 is 19.7 Å². The molecule has 0 aromatic rings. The van der Waals surface area contributed by atoms with Gasteiger partial charge < -0.3 is 14.9 Å². The van der Waals surface area contributed by atoms with Gasteiger partial charge in [-0.25, -0.2) is 0 Å². The van der Waals surface area contributed by atoms with Crippen LogP contribution in [0.1, 0.15) is 65.7 Å². The zero-order chi connectivity index (χ0) is 14.7. The summed E-state index contributed by atoms with van der Waals surface area (Å²) in [5, 5.41) is 18.5. The van der Waals surface area contributed by atoms with Gasteiger partial charge in [-0.15, -0.1) is 0 Å². The summed E-state index contributed by atoms with van der Waals surface area (Å²) in [4.78, 5) is 11.8. The van der Waals surface area contributed by atoms with E-state index in [-0.39, 0.29) is 5.97 Å². The first-order chi connectivity index (χ1) is 9.04. The topological polar surface area (TPSA) is 66.8 Å². The summed E-state index contributed by atoms with van der Waals surface area (Å²) in [6, 6.07) is 0. The fraction of sp³-hybridized carbons (Fsp3) is 0.933. The molecule has 2 atom stereocenters. The van der Waals surface area contributed by atoms with E-state index in [0.717, 1.165) is 12.8 Å². The molecule has 0 radical (unpaired) electrons. The molecule has 0 fully saturated rings. The summed E-state index contributed by atoms with van der Waals surface area (Å²) < 4.78 is 5.01. The molecule has 0 bridgehead atoms. The molecule has 0 spiro atoms. The van der Waals surface area contributed by atoms with E-state index in [9.17, 15) is 15.0 Å². The average molecular weight is 274 g/mol. The summed E-state index contributed by atoms with van der Waals surface area (Å²) >= 11 is 0. The number of rotatable bonds is 11. The first-order valence-electron chi connectivity index (χ1n) is 7.57. The molecule has 0 saturated heterocycles. The number of carbonyl (C=O) groups is 1. The van der Waals surface area contributed by atoms with E-state index in [1.54, 1.807) is 13.8 Å². The lowest BCUT2D eigenvalue weighted by molar-refractivity contribution is -0.159. The minimum absolute atomic E-state index is 0.309. The van der Waals surface area contributed by atoms with E-state index in [2.05, 4.69) is 6.92 Å². The third-order valence-electron chi connectivity index (χ3n) is 3.56. The first-order valence-corrected chi connectivity index (χ1v) is 7.57. The second-order valence-corrected chi connectivity index (χ2v) is 5.19. The van der Waals surface area contributed by atoms with Gasteiger partial charge in [0.25, 0.3) is 0 Å². The van der Waals surface area contributed by atoms with Crippen LogP contribution in [0.3, 0.4) is 0 Å². The van der Waals surface area contributed by atoms with Gasteiger partial charge >= 0.3 is 5.97 Å². The molecular formula is C15H30O4. The summed E-state index contributed by atoms with van der Waals surface area (Å²) in [5.41, 5.74) is 0. The van der Waals surface area contributed by atoms with Crippen LogP contribution in [0.4, 0.5) is 0 Å². The molecule has 0 aliphatic heterocycles. The molecule has 0 aliphatic rings. The molecule has 0 aromatic carbocycles. The SMILES string of the molecule is CCCCCCCCC(C(=O)OCC)C(C)C(O)O. The van der Waals surface area contributed by atoms with Gasteiger partial charge in [0.05, 0.1) is 12.5 Å². The summed E-state index contributed by atoms with van der Waals surface area (Å²) in [5.74, 6) is -1.20. The van der Waals surface area contributed by atoms with Crippen LogP contribution in [-0.2, 0) is 9.53 Å². The normalized spacial score (nSPS) is 14.4. The third kappa shape index (κ3) is 8.22. The highest BCUT2D eigenvalue weighted by Gasteiger charge is 2.29. The second kappa shape index (κ2) is 11.2. The van der Waals surface area contributed by atoms with E-state index in [0.29, 0.717) is 13.0 Å². The van der Waals surface area contributed by atoms with Crippen molar-refractivity contribution in [2.75, 3.05) is 6.61 Å². The van der Waals surface area contributed by atoms with E-state index >= 15 is 0 Å². The van der Waals surface area contributed by atoms with Crippen LogP contribution in [-0.4, -0.2) is 29.1 Å². The maximum Gasteiger partial charge on any atom is 0.309 e. The first kappa shape index (κ1) is 18.4. The van der Waals surface area contributed by atoms with Gasteiger partial charge in [0.1, 0.15) is 0 Å². The van der Waals surface area contributed by atoms with E-state index in [1.165, 1.54) is 25.7 Å². The van der Waals surface area contributed by atoms with Crippen LogP contribution < -0.4 is 0 Å². The number of ether oxygens (including phenoxy) is 1. The van der Waals surface area contributed by atoms with Crippen molar-refractivity contribution in [3.63, 3.8) is 0 Å². The van der Waals surface area contributed by atoms with E-state index in [1.807, 2.05) is 0 Å². The van der Waals surface area contributed by atoms with Crippen molar-refractivity contribution in [1.29, 1.82) is 0 Å². The largest absolute Gasteiger partial charge is 0.466 e. The Labute approximate surface area is 117 Å². The van der Waals surface area contributed by atoms with Crippen LogP contribution in [0.25, 0.3) is 0 Å². The Kier molecular flexibility index (Phi) is 10.9. The number of aliphatic hydroxyl groups excluding tert-OH is 1. The van der Waals surface area contributed by atoms with Crippen LogP contribution >= 0.6 is 0 Å². The standard InChI is InChI=1S/C15H30O4/c1-4-6-7-8-9-10-11-13(12(3)14(16)17)15(18)19-5-2/h12-14,16-17H,4-11H2,1-3H3. The second-order valence-electron chi connectivity index (χ2n) is 5.19.